The van der Waals surface area contributed by atoms with Gasteiger partial charge in [0.2, 0.25) is 0 Å². The van der Waals surface area contributed by atoms with Gasteiger partial charge in [-0.05, 0) is 13.3 Å². The zero-order valence-corrected chi connectivity index (χ0v) is 10.2. The molecule has 17 heavy (non-hydrogen) atoms. The lowest BCUT2D eigenvalue weighted by molar-refractivity contribution is -0.471. The van der Waals surface area contributed by atoms with Crippen molar-refractivity contribution in [3.8, 4) is 0 Å². The molecule has 3 heteroatoms. The van der Waals surface area contributed by atoms with E-state index in [1.54, 1.807) is 0 Å². The lowest BCUT2D eigenvalue weighted by Crippen LogP contribution is -2.13. The molecule has 0 fully saturated rings. The molecule has 1 atom stereocenters. The average Bonchev–Trinajstić information content (AvgIpc) is 2.30. The Bertz CT molecular complexity index is 360. The number of benzene rings is 1. The Balaban J connectivity index is 2.32. The normalized spacial score (nSPS) is 13.4. The molecule has 0 aliphatic rings. The molecule has 0 saturated carbocycles. The highest BCUT2D eigenvalue weighted by molar-refractivity contribution is 5.52. The molecule has 0 bridgehead atoms. The van der Waals surface area contributed by atoms with Crippen LogP contribution in [0.3, 0.4) is 0 Å². The van der Waals surface area contributed by atoms with Crippen LogP contribution in [-0.4, -0.2) is 23.7 Å². The van der Waals surface area contributed by atoms with Crippen molar-refractivity contribution in [3.05, 3.63) is 53.8 Å². The summed E-state index contributed by atoms with van der Waals surface area (Å²) in [5, 5.41) is 11.5. The van der Waals surface area contributed by atoms with Crippen LogP contribution in [0.2, 0.25) is 0 Å². The average molecular weight is 233 g/mol. The summed E-state index contributed by atoms with van der Waals surface area (Å²) in [6.07, 6.45) is 4.23. The minimum absolute atomic E-state index is 0.105. The van der Waals surface area contributed by atoms with Crippen molar-refractivity contribution in [2.75, 3.05) is 6.61 Å². The minimum Gasteiger partial charge on any atom is -0.624 e. The van der Waals surface area contributed by atoms with Crippen molar-refractivity contribution in [2.24, 2.45) is 0 Å². The topological polar surface area (TPSA) is 35.3 Å². The zero-order chi connectivity index (χ0) is 12.5. The SMILES string of the molecule is C=CCC(C)OC/C=[N+](\[O-])Cc1ccccc1. The number of rotatable bonds is 7. The van der Waals surface area contributed by atoms with Crippen LogP contribution in [0, 0.1) is 5.21 Å². The van der Waals surface area contributed by atoms with E-state index in [1.165, 1.54) is 6.21 Å². The molecule has 1 unspecified atom stereocenters. The van der Waals surface area contributed by atoms with Gasteiger partial charge in [-0.3, -0.25) is 0 Å². The Morgan fingerprint density at radius 1 is 1.41 bits per heavy atom. The van der Waals surface area contributed by atoms with Crippen LogP contribution < -0.4 is 0 Å². The van der Waals surface area contributed by atoms with E-state index >= 15 is 0 Å². The predicted molar refractivity (Wildman–Crippen MR) is 70.1 cm³/mol. The highest BCUT2D eigenvalue weighted by Crippen LogP contribution is 2.00. The van der Waals surface area contributed by atoms with E-state index in [-0.39, 0.29) is 6.10 Å². The van der Waals surface area contributed by atoms with Crippen LogP contribution >= 0.6 is 0 Å². The third-order valence-corrected chi connectivity index (χ3v) is 2.34. The second-order valence-corrected chi connectivity index (χ2v) is 3.91. The molecule has 0 radical (unpaired) electrons. The van der Waals surface area contributed by atoms with Gasteiger partial charge in [-0.15, -0.1) is 6.58 Å². The van der Waals surface area contributed by atoms with Crippen LogP contribution in [0.1, 0.15) is 18.9 Å². The van der Waals surface area contributed by atoms with Crippen LogP contribution in [-0.2, 0) is 11.3 Å². The van der Waals surface area contributed by atoms with Gasteiger partial charge in [0.1, 0.15) is 6.61 Å². The maximum absolute atomic E-state index is 11.5. The Kier molecular flexibility index (Phi) is 6.04. The lowest BCUT2D eigenvalue weighted by Gasteiger charge is -2.08. The van der Waals surface area contributed by atoms with Crippen molar-refractivity contribution in [2.45, 2.75) is 26.0 Å². The lowest BCUT2D eigenvalue weighted by atomic mass is 10.2. The Labute approximate surface area is 103 Å². The van der Waals surface area contributed by atoms with Crippen molar-refractivity contribution in [1.29, 1.82) is 0 Å². The maximum atomic E-state index is 11.5. The summed E-state index contributed by atoms with van der Waals surface area (Å²) in [5.74, 6) is 0. The van der Waals surface area contributed by atoms with Gasteiger partial charge in [0.15, 0.2) is 12.8 Å². The fourth-order valence-corrected chi connectivity index (χ4v) is 1.42. The van der Waals surface area contributed by atoms with Crippen LogP contribution in [0.4, 0.5) is 0 Å². The van der Waals surface area contributed by atoms with Gasteiger partial charge >= 0.3 is 0 Å². The number of ether oxygens (including phenoxy) is 1. The van der Waals surface area contributed by atoms with E-state index in [0.29, 0.717) is 13.2 Å². The van der Waals surface area contributed by atoms with Gasteiger partial charge in [-0.2, -0.15) is 0 Å². The maximum Gasteiger partial charge on any atom is 0.178 e. The largest absolute Gasteiger partial charge is 0.624 e. The summed E-state index contributed by atoms with van der Waals surface area (Å²) in [5.41, 5.74) is 0.998. The van der Waals surface area contributed by atoms with Gasteiger partial charge < -0.3 is 9.94 Å². The molecule has 1 aromatic carbocycles. The summed E-state index contributed by atoms with van der Waals surface area (Å²) in [7, 11) is 0. The predicted octanol–water partition coefficient (Wildman–Crippen LogP) is 2.75. The second kappa shape index (κ2) is 7.63. The molecule has 0 saturated heterocycles. The molecular formula is C14H19NO2. The van der Waals surface area contributed by atoms with Gasteiger partial charge in [-0.25, -0.2) is 4.74 Å². The van der Waals surface area contributed by atoms with E-state index in [9.17, 15) is 5.21 Å². The summed E-state index contributed by atoms with van der Waals surface area (Å²) in [6.45, 7) is 6.30. The molecule has 1 rings (SSSR count). The quantitative estimate of drug-likeness (QED) is 0.239. The molecule has 92 valence electrons. The molecule has 3 nitrogen and oxygen atoms in total. The number of nitrogens with zero attached hydrogens (tertiary/aromatic N) is 1. The highest BCUT2D eigenvalue weighted by Gasteiger charge is 2.00. The third-order valence-electron chi connectivity index (χ3n) is 2.34. The van der Waals surface area contributed by atoms with Crippen molar-refractivity contribution < 1.29 is 9.48 Å². The second-order valence-electron chi connectivity index (χ2n) is 3.91. The molecule has 0 aromatic heterocycles. The first kappa shape index (κ1) is 13.5. The molecule has 0 spiro atoms. The number of hydrogen-bond donors (Lipinski definition) is 0. The number of hydroxylamine groups is 1. The van der Waals surface area contributed by atoms with Crippen molar-refractivity contribution in [3.63, 3.8) is 0 Å². The Hall–Kier alpha value is -1.61. The number of hydrogen-bond acceptors (Lipinski definition) is 2. The first-order chi connectivity index (χ1) is 8.22. The Morgan fingerprint density at radius 3 is 2.76 bits per heavy atom. The van der Waals surface area contributed by atoms with Gasteiger partial charge in [0.25, 0.3) is 0 Å². The van der Waals surface area contributed by atoms with Crippen molar-refractivity contribution in [1.82, 2.24) is 0 Å². The molecule has 0 aliphatic carbocycles. The van der Waals surface area contributed by atoms with Gasteiger partial charge in [0, 0.05) is 5.56 Å². The van der Waals surface area contributed by atoms with Gasteiger partial charge in [-0.1, -0.05) is 36.4 Å². The molecule has 0 N–H and O–H groups in total. The first-order valence-electron chi connectivity index (χ1n) is 5.76. The van der Waals surface area contributed by atoms with E-state index < -0.39 is 0 Å². The van der Waals surface area contributed by atoms with Gasteiger partial charge in [0.05, 0.1) is 6.10 Å². The monoisotopic (exact) mass is 233 g/mol. The van der Waals surface area contributed by atoms with Crippen LogP contribution in [0.25, 0.3) is 0 Å². The summed E-state index contributed by atoms with van der Waals surface area (Å²) in [4.78, 5) is 0. The van der Waals surface area contributed by atoms with Crippen molar-refractivity contribution >= 4 is 6.21 Å². The fourth-order valence-electron chi connectivity index (χ4n) is 1.42. The third kappa shape index (κ3) is 5.88. The summed E-state index contributed by atoms with van der Waals surface area (Å²) >= 11 is 0. The molecule has 1 aromatic rings. The minimum atomic E-state index is 0.105. The van der Waals surface area contributed by atoms with E-state index in [2.05, 4.69) is 6.58 Å². The Morgan fingerprint density at radius 2 is 2.12 bits per heavy atom. The summed E-state index contributed by atoms with van der Waals surface area (Å²) < 4.78 is 6.32. The molecule has 0 aliphatic heterocycles. The highest BCUT2D eigenvalue weighted by atomic mass is 16.5. The van der Waals surface area contributed by atoms with E-state index in [1.807, 2.05) is 43.3 Å². The molecule has 0 heterocycles. The molecule has 0 amide bonds. The summed E-state index contributed by atoms with van der Waals surface area (Å²) in [6, 6.07) is 9.64. The molecular weight excluding hydrogens is 214 g/mol. The standard InChI is InChI=1S/C14H19NO2/c1-3-7-13(2)17-11-10-15(16)12-14-8-5-4-6-9-14/h3-6,8-10,13H,1,7,11-12H2,2H3/b15-10-. The fraction of sp³-hybridized carbons (Fsp3) is 0.357. The van der Waals surface area contributed by atoms with E-state index in [4.69, 9.17) is 4.74 Å². The zero-order valence-electron chi connectivity index (χ0n) is 10.2. The first-order valence-corrected chi connectivity index (χ1v) is 5.76. The smallest absolute Gasteiger partial charge is 0.178 e. The van der Waals surface area contributed by atoms with Crippen LogP contribution in [0.15, 0.2) is 43.0 Å². The van der Waals surface area contributed by atoms with E-state index in [0.717, 1.165) is 16.7 Å². The van der Waals surface area contributed by atoms with Crippen LogP contribution in [0.5, 0.6) is 0 Å².